The van der Waals surface area contributed by atoms with Gasteiger partial charge in [0.1, 0.15) is 29.4 Å². The summed E-state index contributed by atoms with van der Waals surface area (Å²) in [6.07, 6.45) is -3.47. The Labute approximate surface area is 197 Å². The van der Waals surface area contributed by atoms with Gasteiger partial charge in [-0.25, -0.2) is 14.6 Å². The number of hydrogen-bond donors (Lipinski definition) is 4. The summed E-state index contributed by atoms with van der Waals surface area (Å²) in [7, 11) is 1.64. The van der Waals surface area contributed by atoms with Crippen molar-refractivity contribution in [1.82, 2.24) is 10.3 Å². The van der Waals surface area contributed by atoms with Crippen LogP contribution in [0, 0.1) is 0 Å². The van der Waals surface area contributed by atoms with Crippen molar-refractivity contribution in [3.05, 3.63) is 72.1 Å². The van der Waals surface area contributed by atoms with E-state index >= 15 is 0 Å². The fraction of sp³-hybridized carbons (Fsp3) is 0.174. The number of pyridine rings is 1. The lowest BCUT2D eigenvalue weighted by Crippen LogP contribution is -2.23. The van der Waals surface area contributed by atoms with Crippen LogP contribution in [-0.2, 0) is 6.18 Å². The van der Waals surface area contributed by atoms with E-state index in [4.69, 9.17) is 14.6 Å². The van der Waals surface area contributed by atoms with Crippen LogP contribution < -0.4 is 25.4 Å². The van der Waals surface area contributed by atoms with Crippen LogP contribution in [0.15, 0.2) is 60.8 Å². The maximum atomic E-state index is 13.7. The number of carboxylic acid groups (broad SMARTS) is 1. The molecule has 0 aliphatic carbocycles. The molecule has 3 rings (SSSR count). The quantitative estimate of drug-likeness (QED) is 0.317. The third-order valence-corrected chi connectivity index (χ3v) is 4.47. The number of nitrogens with zero attached hydrogens (tertiary/aromatic N) is 1. The number of hydrogen-bond acceptors (Lipinski definition) is 6. The van der Waals surface area contributed by atoms with Crippen LogP contribution >= 0.6 is 0 Å². The van der Waals surface area contributed by atoms with Crippen molar-refractivity contribution in [2.24, 2.45) is 0 Å². The van der Waals surface area contributed by atoms with Gasteiger partial charge in [-0.3, -0.25) is 0 Å². The molecule has 12 heteroatoms. The second kappa shape index (κ2) is 11.2. The summed E-state index contributed by atoms with van der Waals surface area (Å²) in [4.78, 5) is 27.1. The van der Waals surface area contributed by atoms with Crippen molar-refractivity contribution in [2.75, 3.05) is 30.8 Å². The van der Waals surface area contributed by atoms with E-state index in [9.17, 15) is 22.8 Å². The van der Waals surface area contributed by atoms with Crippen LogP contribution in [0.2, 0.25) is 0 Å². The smallest absolute Gasteiger partial charge is 0.421 e. The Morgan fingerprint density at radius 1 is 1.03 bits per heavy atom. The second-order valence-electron chi connectivity index (χ2n) is 7.02. The van der Waals surface area contributed by atoms with Gasteiger partial charge in [0.05, 0.1) is 5.69 Å². The lowest BCUT2D eigenvalue weighted by Gasteiger charge is -2.18. The molecule has 184 valence electrons. The third kappa shape index (κ3) is 7.08. The topological polar surface area (TPSA) is 122 Å². The number of carbonyl (C=O) groups is 2. The zero-order valence-electron chi connectivity index (χ0n) is 18.3. The molecule has 35 heavy (non-hydrogen) atoms. The molecule has 0 spiro atoms. The number of anilines is 2. The van der Waals surface area contributed by atoms with Gasteiger partial charge >= 0.3 is 18.2 Å². The first-order valence-corrected chi connectivity index (χ1v) is 10.2. The number of amides is 2. The van der Waals surface area contributed by atoms with Gasteiger partial charge in [-0.05, 0) is 49.5 Å². The average Bonchev–Trinajstić information content (AvgIpc) is 2.80. The number of rotatable bonds is 9. The Hall–Kier alpha value is -4.32. The van der Waals surface area contributed by atoms with Gasteiger partial charge in [-0.15, -0.1) is 0 Å². The minimum Gasteiger partial charge on any atom is -0.492 e. The number of likely N-dealkylation sites (N-methyl/N-ethyl adjacent to an activating group) is 1. The van der Waals surface area contributed by atoms with Crippen LogP contribution in [0.5, 0.6) is 17.2 Å². The van der Waals surface area contributed by atoms with E-state index in [-0.39, 0.29) is 23.7 Å². The van der Waals surface area contributed by atoms with Crippen LogP contribution in [-0.4, -0.2) is 42.3 Å². The van der Waals surface area contributed by atoms with E-state index in [1.54, 1.807) is 7.05 Å². The normalized spacial score (nSPS) is 11.0. The lowest BCUT2D eigenvalue weighted by molar-refractivity contribution is -0.138. The zero-order valence-corrected chi connectivity index (χ0v) is 18.3. The highest BCUT2D eigenvalue weighted by Crippen LogP contribution is 2.41. The summed E-state index contributed by atoms with van der Waals surface area (Å²) in [6, 6.07) is 11.4. The zero-order chi connectivity index (χ0) is 25.4. The molecular formula is C23H21F3N4O5. The number of nitrogens with one attached hydrogen (secondary N) is 3. The molecule has 4 N–H and O–H groups in total. The summed E-state index contributed by atoms with van der Waals surface area (Å²) in [5, 5.41) is 16.4. The summed E-state index contributed by atoms with van der Waals surface area (Å²) < 4.78 is 51.8. The van der Waals surface area contributed by atoms with E-state index in [0.29, 0.717) is 12.3 Å². The summed E-state index contributed by atoms with van der Waals surface area (Å²) in [5.74, 6) is -1.02. The molecule has 0 fully saturated rings. The van der Waals surface area contributed by atoms with Crippen molar-refractivity contribution >= 4 is 23.4 Å². The Kier molecular flexibility index (Phi) is 8.10. The van der Waals surface area contributed by atoms with Crippen LogP contribution in [0.3, 0.4) is 0 Å². The highest BCUT2D eigenvalue weighted by molar-refractivity contribution is 6.00. The molecule has 9 nitrogen and oxygen atoms in total. The highest BCUT2D eigenvalue weighted by Gasteiger charge is 2.37. The van der Waals surface area contributed by atoms with Gasteiger partial charge in [-0.2, -0.15) is 13.2 Å². The molecule has 1 heterocycles. The first-order valence-electron chi connectivity index (χ1n) is 10.2. The van der Waals surface area contributed by atoms with Gasteiger partial charge in [-0.1, -0.05) is 6.07 Å². The molecule has 0 unspecified atom stereocenters. The monoisotopic (exact) mass is 490 g/mol. The third-order valence-electron chi connectivity index (χ3n) is 4.47. The fourth-order valence-electron chi connectivity index (χ4n) is 2.93. The first-order chi connectivity index (χ1) is 16.7. The predicted octanol–water partition coefficient (Wildman–Crippen LogP) is 4.83. The van der Waals surface area contributed by atoms with E-state index in [1.165, 1.54) is 54.7 Å². The molecule has 0 aliphatic heterocycles. The fourth-order valence-corrected chi connectivity index (χ4v) is 2.93. The minimum absolute atomic E-state index is 0.0146. The molecule has 0 saturated carbocycles. The van der Waals surface area contributed by atoms with E-state index < -0.39 is 35.2 Å². The number of aromatic carboxylic acids is 1. The largest absolute Gasteiger partial charge is 0.492 e. The van der Waals surface area contributed by atoms with Crippen molar-refractivity contribution in [3.8, 4) is 17.2 Å². The van der Waals surface area contributed by atoms with Gasteiger partial charge in [0.25, 0.3) is 0 Å². The Morgan fingerprint density at radius 2 is 1.77 bits per heavy atom. The Bertz CT molecular complexity index is 1190. The van der Waals surface area contributed by atoms with Crippen molar-refractivity contribution in [3.63, 3.8) is 0 Å². The second-order valence-corrected chi connectivity index (χ2v) is 7.02. The molecule has 0 aliphatic rings. The van der Waals surface area contributed by atoms with E-state index in [1.807, 2.05) is 0 Å². The molecule has 0 bridgehead atoms. The highest BCUT2D eigenvalue weighted by atomic mass is 19.4. The SMILES string of the molecule is CNCCOc1cccc(NC(=O)Nc2ccc(Oc3ccnc(C(=O)O)c3)cc2)c1C(F)(F)F. The Morgan fingerprint density at radius 3 is 2.43 bits per heavy atom. The minimum atomic E-state index is -4.76. The summed E-state index contributed by atoms with van der Waals surface area (Å²) >= 11 is 0. The number of ether oxygens (including phenoxy) is 2. The average molecular weight is 490 g/mol. The molecule has 2 aromatic carbocycles. The van der Waals surface area contributed by atoms with Crippen LogP contribution in [0.4, 0.5) is 29.3 Å². The number of aromatic nitrogens is 1. The van der Waals surface area contributed by atoms with E-state index in [2.05, 4.69) is 20.9 Å². The predicted molar refractivity (Wildman–Crippen MR) is 121 cm³/mol. The number of benzene rings is 2. The molecule has 2 amide bonds. The molecule has 3 aromatic rings. The van der Waals surface area contributed by atoms with Gasteiger partial charge in [0.15, 0.2) is 5.69 Å². The van der Waals surface area contributed by atoms with Crippen molar-refractivity contribution in [2.45, 2.75) is 6.18 Å². The number of carboxylic acids is 1. The number of urea groups is 1. The summed E-state index contributed by atoms with van der Waals surface area (Å²) in [6.45, 7) is 0.359. The summed E-state index contributed by atoms with van der Waals surface area (Å²) in [5.41, 5.74) is -1.45. The van der Waals surface area contributed by atoms with Crippen molar-refractivity contribution < 1.29 is 37.3 Å². The Balaban J connectivity index is 1.68. The number of alkyl halides is 3. The number of carbonyl (C=O) groups excluding carboxylic acids is 1. The molecule has 0 saturated heterocycles. The molecular weight excluding hydrogens is 469 g/mol. The standard InChI is InChI=1S/C23H21F3N4O5/c1-27-11-12-34-19-4-2-3-17(20(19)23(24,25)26)30-22(33)29-14-5-7-15(8-6-14)35-16-9-10-28-18(13-16)21(31)32/h2-10,13,27H,11-12H2,1H3,(H,31,32)(H2,29,30,33). The van der Waals surface area contributed by atoms with Crippen LogP contribution in [0.1, 0.15) is 16.1 Å². The van der Waals surface area contributed by atoms with Crippen LogP contribution in [0.25, 0.3) is 0 Å². The lowest BCUT2D eigenvalue weighted by atomic mass is 10.1. The van der Waals surface area contributed by atoms with Gasteiger partial charge in [0, 0.05) is 24.5 Å². The number of halogens is 3. The maximum Gasteiger partial charge on any atom is 0.421 e. The molecule has 1 aromatic heterocycles. The van der Waals surface area contributed by atoms with Gasteiger partial charge < -0.3 is 30.5 Å². The first kappa shape index (κ1) is 25.3. The van der Waals surface area contributed by atoms with Gasteiger partial charge in [0.2, 0.25) is 0 Å². The molecule has 0 atom stereocenters. The maximum absolute atomic E-state index is 13.7. The van der Waals surface area contributed by atoms with Crippen molar-refractivity contribution in [1.29, 1.82) is 0 Å². The molecule has 0 radical (unpaired) electrons. The van der Waals surface area contributed by atoms with E-state index in [0.717, 1.165) is 6.07 Å².